The van der Waals surface area contributed by atoms with Crippen LogP contribution in [0.3, 0.4) is 0 Å². The zero-order valence-corrected chi connectivity index (χ0v) is 11.9. The number of carbonyl (C=O) groups is 1. The first kappa shape index (κ1) is 14.7. The second kappa shape index (κ2) is 6.65. The standard InChI is InChI=1S/C13H25N3O3/c1-11-10-19-12(9-17)7-16(11)8-13(18)15-5-3-14(2)4-6-15/h11-12,17H,3-10H2,1-2H3. The minimum atomic E-state index is -0.156. The highest BCUT2D eigenvalue weighted by atomic mass is 16.5. The summed E-state index contributed by atoms with van der Waals surface area (Å²) >= 11 is 0. The van der Waals surface area contributed by atoms with E-state index in [9.17, 15) is 4.79 Å². The molecule has 2 rings (SSSR count). The van der Waals surface area contributed by atoms with Gasteiger partial charge in [0.15, 0.2) is 0 Å². The van der Waals surface area contributed by atoms with E-state index in [0.29, 0.717) is 19.7 Å². The summed E-state index contributed by atoms with van der Waals surface area (Å²) in [6, 6.07) is 0.235. The van der Waals surface area contributed by atoms with Gasteiger partial charge in [-0.05, 0) is 14.0 Å². The van der Waals surface area contributed by atoms with E-state index >= 15 is 0 Å². The highest BCUT2D eigenvalue weighted by Gasteiger charge is 2.29. The third-order valence-electron chi connectivity index (χ3n) is 4.03. The summed E-state index contributed by atoms with van der Waals surface area (Å²) in [5.41, 5.74) is 0. The second-order valence-corrected chi connectivity index (χ2v) is 5.60. The van der Waals surface area contributed by atoms with Gasteiger partial charge in [0.1, 0.15) is 0 Å². The summed E-state index contributed by atoms with van der Waals surface area (Å²) in [5, 5.41) is 9.15. The van der Waals surface area contributed by atoms with Crippen LogP contribution >= 0.6 is 0 Å². The Kier molecular flexibility index (Phi) is 5.15. The van der Waals surface area contributed by atoms with Crippen LogP contribution in [-0.4, -0.2) is 97.4 Å². The number of hydrogen-bond acceptors (Lipinski definition) is 5. The van der Waals surface area contributed by atoms with Crippen molar-refractivity contribution in [1.82, 2.24) is 14.7 Å². The Balaban J connectivity index is 1.83. The summed E-state index contributed by atoms with van der Waals surface area (Å²) in [6.45, 7) is 7.27. The van der Waals surface area contributed by atoms with Crippen molar-refractivity contribution < 1.29 is 14.6 Å². The second-order valence-electron chi connectivity index (χ2n) is 5.60. The third kappa shape index (κ3) is 3.89. The molecule has 0 saturated carbocycles. The summed E-state index contributed by atoms with van der Waals surface area (Å²) in [7, 11) is 2.08. The predicted octanol–water partition coefficient (Wildman–Crippen LogP) is -1.16. The number of ether oxygens (including phenoxy) is 1. The number of amides is 1. The quantitative estimate of drug-likeness (QED) is 0.702. The maximum Gasteiger partial charge on any atom is 0.236 e. The molecule has 2 aliphatic rings. The molecule has 1 amide bonds. The van der Waals surface area contributed by atoms with Gasteiger partial charge in [-0.1, -0.05) is 0 Å². The molecule has 0 radical (unpaired) electrons. The SMILES string of the molecule is CC1COC(CO)CN1CC(=O)N1CCN(C)CC1. The molecule has 2 saturated heterocycles. The van der Waals surface area contributed by atoms with E-state index < -0.39 is 0 Å². The molecule has 2 atom stereocenters. The fourth-order valence-corrected chi connectivity index (χ4v) is 2.54. The third-order valence-corrected chi connectivity index (χ3v) is 4.03. The minimum absolute atomic E-state index is 0.0198. The average molecular weight is 271 g/mol. The van der Waals surface area contributed by atoms with E-state index in [1.165, 1.54) is 0 Å². The number of piperazine rings is 1. The lowest BCUT2D eigenvalue weighted by Gasteiger charge is -2.39. The average Bonchev–Trinajstić information content (AvgIpc) is 2.42. The topological polar surface area (TPSA) is 56.3 Å². The van der Waals surface area contributed by atoms with Gasteiger partial charge in [-0.3, -0.25) is 9.69 Å². The van der Waals surface area contributed by atoms with Gasteiger partial charge < -0.3 is 19.6 Å². The fourth-order valence-electron chi connectivity index (χ4n) is 2.54. The molecule has 0 aromatic carbocycles. The molecular formula is C13H25N3O3. The van der Waals surface area contributed by atoms with Crippen molar-refractivity contribution in [3.63, 3.8) is 0 Å². The lowest BCUT2D eigenvalue weighted by molar-refractivity contribution is -0.138. The predicted molar refractivity (Wildman–Crippen MR) is 71.9 cm³/mol. The number of morpholine rings is 1. The number of aliphatic hydroxyl groups is 1. The van der Waals surface area contributed by atoms with E-state index in [2.05, 4.69) is 23.8 Å². The Morgan fingerprint density at radius 3 is 2.63 bits per heavy atom. The van der Waals surface area contributed by atoms with Crippen LogP contribution in [0.5, 0.6) is 0 Å². The number of nitrogens with zero attached hydrogens (tertiary/aromatic N) is 3. The van der Waals surface area contributed by atoms with E-state index in [4.69, 9.17) is 9.84 Å². The first-order chi connectivity index (χ1) is 9.10. The van der Waals surface area contributed by atoms with E-state index in [1.54, 1.807) is 0 Å². The van der Waals surface area contributed by atoms with Crippen molar-refractivity contribution in [2.24, 2.45) is 0 Å². The van der Waals surface area contributed by atoms with Gasteiger partial charge in [0.2, 0.25) is 5.91 Å². The summed E-state index contributed by atoms with van der Waals surface area (Å²) in [4.78, 5) is 18.6. The molecule has 0 aliphatic carbocycles. The van der Waals surface area contributed by atoms with Crippen molar-refractivity contribution in [1.29, 1.82) is 0 Å². The van der Waals surface area contributed by atoms with E-state index in [1.807, 2.05) is 4.90 Å². The van der Waals surface area contributed by atoms with Crippen molar-refractivity contribution in [3.8, 4) is 0 Å². The van der Waals surface area contributed by atoms with Crippen LogP contribution < -0.4 is 0 Å². The Morgan fingerprint density at radius 2 is 2.00 bits per heavy atom. The number of rotatable bonds is 3. The Morgan fingerprint density at radius 1 is 1.32 bits per heavy atom. The van der Waals surface area contributed by atoms with Crippen LogP contribution in [0.1, 0.15) is 6.92 Å². The first-order valence-corrected chi connectivity index (χ1v) is 7.03. The lowest BCUT2D eigenvalue weighted by Crippen LogP contribution is -2.55. The highest BCUT2D eigenvalue weighted by Crippen LogP contribution is 2.12. The lowest BCUT2D eigenvalue weighted by atomic mass is 10.2. The molecule has 19 heavy (non-hydrogen) atoms. The summed E-state index contributed by atoms with van der Waals surface area (Å²) < 4.78 is 5.49. The summed E-state index contributed by atoms with van der Waals surface area (Å²) in [6.07, 6.45) is -0.156. The largest absolute Gasteiger partial charge is 0.394 e. The van der Waals surface area contributed by atoms with Gasteiger partial charge in [-0.15, -0.1) is 0 Å². The molecule has 1 N–H and O–H groups in total. The van der Waals surface area contributed by atoms with Gasteiger partial charge in [-0.2, -0.15) is 0 Å². The Bertz CT molecular complexity index is 306. The fraction of sp³-hybridized carbons (Fsp3) is 0.923. The van der Waals surface area contributed by atoms with Gasteiger partial charge in [0, 0.05) is 38.8 Å². The first-order valence-electron chi connectivity index (χ1n) is 7.03. The smallest absolute Gasteiger partial charge is 0.236 e. The Labute approximate surface area is 114 Å². The monoisotopic (exact) mass is 271 g/mol. The maximum atomic E-state index is 12.3. The van der Waals surface area contributed by atoms with Gasteiger partial charge >= 0.3 is 0 Å². The molecule has 0 spiro atoms. The number of carbonyl (C=O) groups excluding carboxylic acids is 1. The molecule has 6 heteroatoms. The molecule has 0 bridgehead atoms. The van der Waals surface area contributed by atoms with Crippen molar-refractivity contribution >= 4 is 5.91 Å². The van der Waals surface area contributed by atoms with Crippen LogP contribution in [-0.2, 0) is 9.53 Å². The zero-order chi connectivity index (χ0) is 13.8. The number of aliphatic hydroxyl groups excluding tert-OH is 1. The Hall–Kier alpha value is -0.690. The van der Waals surface area contributed by atoms with Crippen LogP contribution in [0.2, 0.25) is 0 Å². The number of hydrogen-bond donors (Lipinski definition) is 1. The van der Waals surface area contributed by atoms with Gasteiger partial charge in [0.25, 0.3) is 0 Å². The highest BCUT2D eigenvalue weighted by molar-refractivity contribution is 5.78. The molecule has 2 fully saturated rings. The molecular weight excluding hydrogens is 246 g/mol. The molecule has 0 aromatic heterocycles. The van der Waals surface area contributed by atoms with Crippen LogP contribution in [0, 0.1) is 0 Å². The molecule has 2 aliphatic heterocycles. The maximum absolute atomic E-state index is 12.3. The van der Waals surface area contributed by atoms with Crippen LogP contribution in [0.15, 0.2) is 0 Å². The van der Waals surface area contributed by atoms with Crippen molar-refractivity contribution in [2.75, 3.05) is 59.5 Å². The molecule has 6 nitrogen and oxygen atoms in total. The normalized spacial score (nSPS) is 30.6. The number of likely N-dealkylation sites (N-methyl/N-ethyl adjacent to an activating group) is 1. The van der Waals surface area contributed by atoms with Crippen LogP contribution in [0.25, 0.3) is 0 Å². The van der Waals surface area contributed by atoms with Gasteiger partial charge in [-0.25, -0.2) is 0 Å². The molecule has 0 aromatic rings. The van der Waals surface area contributed by atoms with E-state index in [0.717, 1.165) is 26.2 Å². The van der Waals surface area contributed by atoms with Gasteiger partial charge in [0.05, 0.1) is 25.9 Å². The zero-order valence-electron chi connectivity index (χ0n) is 11.9. The molecule has 2 unspecified atom stereocenters. The summed E-state index contributed by atoms with van der Waals surface area (Å²) in [5.74, 6) is 0.193. The molecule has 110 valence electrons. The van der Waals surface area contributed by atoms with Crippen molar-refractivity contribution in [3.05, 3.63) is 0 Å². The molecule has 2 heterocycles. The van der Waals surface area contributed by atoms with E-state index in [-0.39, 0.29) is 24.7 Å². The van der Waals surface area contributed by atoms with Crippen molar-refractivity contribution in [2.45, 2.75) is 19.1 Å². The minimum Gasteiger partial charge on any atom is -0.394 e. The van der Waals surface area contributed by atoms with Crippen LogP contribution in [0.4, 0.5) is 0 Å².